The van der Waals surface area contributed by atoms with Gasteiger partial charge in [-0.2, -0.15) is 0 Å². The van der Waals surface area contributed by atoms with Gasteiger partial charge in [0.05, 0.1) is 13.2 Å². The molecule has 4 heteroatoms. The molecule has 1 N–H and O–H groups in total. The number of ether oxygens (including phenoxy) is 1. The molecule has 96 valence electrons. The number of morpholine rings is 1. The van der Waals surface area contributed by atoms with Crippen LogP contribution in [0.15, 0.2) is 30.3 Å². The molecule has 0 bridgehead atoms. The maximum absolute atomic E-state index is 10.4. The Kier molecular flexibility index (Phi) is 3.99. The molecule has 18 heavy (non-hydrogen) atoms. The van der Waals surface area contributed by atoms with Crippen molar-refractivity contribution in [2.75, 3.05) is 24.7 Å². The number of benzene rings is 1. The first-order valence-electron chi connectivity index (χ1n) is 6.02. The van der Waals surface area contributed by atoms with Crippen molar-refractivity contribution in [1.29, 1.82) is 0 Å². The lowest BCUT2D eigenvalue weighted by molar-refractivity contribution is -0.131. The van der Waals surface area contributed by atoms with Crippen LogP contribution in [0.25, 0.3) is 6.08 Å². The highest BCUT2D eigenvalue weighted by molar-refractivity contribution is 5.85. The summed E-state index contributed by atoms with van der Waals surface area (Å²) < 4.78 is 5.40. The van der Waals surface area contributed by atoms with Crippen LogP contribution in [0.5, 0.6) is 0 Å². The summed E-state index contributed by atoms with van der Waals surface area (Å²) in [7, 11) is 0. The van der Waals surface area contributed by atoms with E-state index in [9.17, 15) is 4.79 Å². The van der Waals surface area contributed by atoms with Gasteiger partial charge in [0.15, 0.2) is 0 Å². The van der Waals surface area contributed by atoms with Gasteiger partial charge >= 0.3 is 5.97 Å². The van der Waals surface area contributed by atoms with Gasteiger partial charge in [0.25, 0.3) is 0 Å². The first-order valence-corrected chi connectivity index (χ1v) is 6.02. The van der Waals surface area contributed by atoms with Gasteiger partial charge in [-0.15, -0.1) is 0 Å². The summed E-state index contributed by atoms with van der Waals surface area (Å²) in [6.07, 6.45) is 2.74. The Morgan fingerprint density at radius 1 is 1.44 bits per heavy atom. The Labute approximate surface area is 106 Å². The van der Waals surface area contributed by atoms with Gasteiger partial charge in [0.2, 0.25) is 0 Å². The van der Waals surface area contributed by atoms with Gasteiger partial charge in [0, 0.05) is 24.4 Å². The van der Waals surface area contributed by atoms with E-state index in [0.717, 1.165) is 37.1 Å². The van der Waals surface area contributed by atoms with E-state index in [1.165, 1.54) is 0 Å². The maximum atomic E-state index is 10.4. The van der Waals surface area contributed by atoms with Crippen molar-refractivity contribution in [3.8, 4) is 0 Å². The van der Waals surface area contributed by atoms with Crippen molar-refractivity contribution in [2.45, 2.75) is 13.0 Å². The topological polar surface area (TPSA) is 49.8 Å². The van der Waals surface area contributed by atoms with Crippen molar-refractivity contribution < 1.29 is 14.6 Å². The van der Waals surface area contributed by atoms with Gasteiger partial charge in [0.1, 0.15) is 0 Å². The summed E-state index contributed by atoms with van der Waals surface area (Å²) in [6, 6.07) is 8.26. The van der Waals surface area contributed by atoms with Crippen LogP contribution in [-0.2, 0) is 9.53 Å². The summed E-state index contributed by atoms with van der Waals surface area (Å²) in [5.41, 5.74) is 2.04. The monoisotopic (exact) mass is 247 g/mol. The van der Waals surface area contributed by atoms with Crippen molar-refractivity contribution in [2.24, 2.45) is 0 Å². The van der Waals surface area contributed by atoms with Crippen LogP contribution < -0.4 is 4.90 Å². The maximum Gasteiger partial charge on any atom is 0.328 e. The zero-order valence-corrected chi connectivity index (χ0v) is 10.4. The third-order valence-corrected chi connectivity index (χ3v) is 3.01. The minimum Gasteiger partial charge on any atom is -0.478 e. The molecular formula is C14H17NO3. The fourth-order valence-electron chi connectivity index (χ4n) is 2.06. The lowest BCUT2D eigenvalue weighted by Gasteiger charge is -2.35. The highest BCUT2D eigenvalue weighted by atomic mass is 16.5. The zero-order chi connectivity index (χ0) is 13.0. The number of aliphatic carboxylic acids is 1. The van der Waals surface area contributed by atoms with Crippen LogP contribution in [0.2, 0.25) is 0 Å². The number of carboxylic acids is 1. The van der Waals surface area contributed by atoms with E-state index in [1.54, 1.807) is 6.08 Å². The van der Waals surface area contributed by atoms with Crippen molar-refractivity contribution in [1.82, 2.24) is 0 Å². The Morgan fingerprint density at radius 3 is 2.78 bits per heavy atom. The van der Waals surface area contributed by atoms with E-state index in [1.807, 2.05) is 24.3 Å². The molecule has 0 aliphatic carbocycles. The van der Waals surface area contributed by atoms with Gasteiger partial charge < -0.3 is 14.7 Å². The Balaban J connectivity index is 2.09. The molecule has 1 aliphatic rings. The summed E-state index contributed by atoms with van der Waals surface area (Å²) in [5, 5.41) is 8.56. The molecule has 0 saturated carbocycles. The first kappa shape index (κ1) is 12.6. The van der Waals surface area contributed by atoms with Gasteiger partial charge in [-0.25, -0.2) is 4.79 Å². The second-order valence-corrected chi connectivity index (χ2v) is 4.38. The Morgan fingerprint density at radius 2 is 2.17 bits per heavy atom. The van der Waals surface area contributed by atoms with Crippen molar-refractivity contribution >= 4 is 17.7 Å². The summed E-state index contributed by atoms with van der Waals surface area (Å²) in [4.78, 5) is 12.7. The molecule has 1 aliphatic heterocycles. The van der Waals surface area contributed by atoms with E-state index >= 15 is 0 Å². The van der Waals surface area contributed by atoms with Crippen LogP contribution in [0.4, 0.5) is 5.69 Å². The van der Waals surface area contributed by atoms with Crippen LogP contribution in [0, 0.1) is 0 Å². The van der Waals surface area contributed by atoms with E-state index < -0.39 is 5.97 Å². The lowest BCUT2D eigenvalue weighted by atomic mass is 10.1. The fourth-order valence-corrected chi connectivity index (χ4v) is 2.06. The van der Waals surface area contributed by atoms with E-state index in [-0.39, 0.29) is 0 Å². The zero-order valence-electron chi connectivity index (χ0n) is 10.4. The van der Waals surface area contributed by atoms with Crippen LogP contribution >= 0.6 is 0 Å². The normalized spacial score (nSPS) is 20.3. The summed E-state index contributed by atoms with van der Waals surface area (Å²) in [6.45, 7) is 4.54. The molecule has 1 aromatic rings. The molecule has 1 unspecified atom stereocenters. The van der Waals surface area contributed by atoms with E-state index in [4.69, 9.17) is 9.84 Å². The SMILES string of the molecule is CC1COCCN1c1ccc(/C=C/C(=O)O)cc1. The predicted octanol–water partition coefficient (Wildman–Crippen LogP) is 2.01. The number of rotatable bonds is 3. The molecular weight excluding hydrogens is 230 g/mol. The van der Waals surface area contributed by atoms with E-state index in [2.05, 4.69) is 11.8 Å². The first-order chi connectivity index (χ1) is 8.66. The molecule has 1 aromatic carbocycles. The van der Waals surface area contributed by atoms with Gasteiger partial charge in [-0.3, -0.25) is 0 Å². The predicted molar refractivity (Wildman–Crippen MR) is 70.7 cm³/mol. The number of hydrogen-bond acceptors (Lipinski definition) is 3. The number of anilines is 1. The third-order valence-electron chi connectivity index (χ3n) is 3.01. The summed E-state index contributed by atoms with van der Waals surface area (Å²) in [5.74, 6) is -0.930. The fraction of sp³-hybridized carbons (Fsp3) is 0.357. The highest BCUT2D eigenvalue weighted by Gasteiger charge is 2.18. The average Bonchev–Trinajstić information content (AvgIpc) is 2.38. The quantitative estimate of drug-likeness (QED) is 0.830. The number of carboxylic acid groups (broad SMARTS) is 1. The van der Waals surface area contributed by atoms with Gasteiger partial charge in [-0.05, 0) is 30.7 Å². The molecule has 0 amide bonds. The Bertz CT molecular complexity index is 439. The minimum atomic E-state index is -0.930. The van der Waals surface area contributed by atoms with Crippen LogP contribution in [-0.4, -0.2) is 36.9 Å². The molecule has 2 rings (SSSR count). The molecule has 1 atom stereocenters. The second-order valence-electron chi connectivity index (χ2n) is 4.38. The molecule has 1 fully saturated rings. The molecule has 4 nitrogen and oxygen atoms in total. The Hall–Kier alpha value is -1.81. The molecule has 0 spiro atoms. The van der Waals surface area contributed by atoms with Crippen LogP contribution in [0.3, 0.4) is 0 Å². The summed E-state index contributed by atoms with van der Waals surface area (Å²) >= 11 is 0. The van der Waals surface area contributed by atoms with Gasteiger partial charge in [-0.1, -0.05) is 12.1 Å². The van der Waals surface area contributed by atoms with Crippen LogP contribution in [0.1, 0.15) is 12.5 Å². The number of nitrogens with zero attached hydrogens (tertiary/aromatic N) is 1. The average molecular weight is 247 g/mol. The molecule has 0 radical (unpaired) electrons. The second kappa shape index (κ2) is 5.69. The van der Waals surface area contributed by atoms with Crippen molar-refractivity contribution in [3.63, 3.8) is 0 Å². The number of hydrogen-bond donors (Lipinski definition) is 1. The van der Waals surface area contributed by atoms with Crippen molar-refractivity contribution in [3.05, 3.63) is 35.9 Å². The smallest absolute Gasteiger partial charge is 0.328 e. The molecule has 1 saturated heterocycles. The van der Waals surface area contributed by atoms with E-state index in [0.29, 0.717) is 6.04 Å². The minimum absolute atomic E-state index is 0.374. The standard InChI is InChI=1S/C14H17NO3/c1-11-10-18-9-8-15(11)13-5-2-12(3-6-13)4-7-14(16)17/h2-7,11H,8-10H2,1H3,(H,16,17)/b7-4+. The third kappa shape index (κ3) is 3.11. The largest absolute Gasteiger partial charge is 0.478 e. The molecule has 0 aromatic heterocycles. The lowest BCUT2D eigenvalue weighted by Crippen LogP contribution is -2.43. The number of carbonyl (C=O) groups is 1. The molecule has 1 heterocycles. The highest BCUT2D eigenvalue weighted by Crippen LogP contribution is 2.20.